The second kappa shape index (κ2) is 15.2. The number of hydrogen-bond acceptors (Lipinski definition) is 8. The van der Waals surface area contributed by atoms with Gasteiger partial charge in [0.25, 0.3) is 0 Å². The van der Waals surface area contributed by atoms with Gasteiger partial charge in [0.15, 0.2) is 9.84 Å². The van der Waals surface area contributed by atoms with Gasteiger partial charge in [-0.2, -0.15) is 13.2 Å². The number of nitrogens with one attached hydrogen (secondary N) is 2. The van der Waals surface area contributed by atoms with E-state index in [-0.39, 0.29) is 42.1 Å². The quantitative estimate of drug-likeness (QED) is 0.185. The van der Waals surface area contributed by atoms with Gasteiger partial charge < -0.3 is 34.7 Å². The Bertz CT molecular complexity index is 1610. The molecule has 3 N–H and O–H groups in total. The molecule has 1 fully saturated rings. The highest BCUT2D eigenvalue weighted by molar-refractivity contribution is 7.90. The standard InChI is InChI=1S/C31H38F4N4O5S/c1-43-20-24(40)19-38-14-10-22(11-15-38)37-27-6-3-7-29-26(27)17-23(39(29)21-31(33,34)35)5-4-13-36-28-9-8-25(45(2,41)42)18-30(28)44-16-12-32/h3,6-9,17-18,22,24,36-37,40H,10-16,19-21H2,1-2H3. The number of piperidine rings is 1. The fraction of sp³-hybridized carbons (Fsp3) is 0.484. The normalized spacial score (nSPS) is 15.4. The van der Waals surface area contributed by atoms with Crippen molar-refractivity contribution in [3.05, 3.63) is 48.2 Å². The van der Waals surface area contributed by atoms with Gasteiger partial charge in [-0.25, -0.2) is 12.8 Å². The van der Waals surface area contributed by atoms with Gasteiger partial charge in [0.2, 0.25) is 0 Å². The molecule has 2 aromatic carbocycles. The van der Waals surface area contributed by atoms with Crippen LogP contribution in [-0.2, 0) is 21.1 Å². The maximum absolute atomic E-state index is 13.6. The fourth-order valence-corrected chi connectivity index (χ4v) is 5.94. The molecule has 3 aromatic rings. The first-order chi connectivity index (χ1) is 21.4. The molecule has 1 aromatic heterocycles. The molecule has 1 unspecified atom stereocenters. The molecule has 45 heavy (non-hydrogen) atoms. The molecule has 1 aliphatic heterocycles. The van der Waals surface area contributed by atoms with Crippen LogP contribution in [0.2, 0.25) is 0 Å². The molecule has 0 spiro atoms. The topological polar surface area (TPSA) is 105 Å². The first kappa shape index (κ1) is 34.4. The van der Waals surface area contributed by atoms with Crippen molar-refractivity contribution in [3.8, 4) is 17.6 Å². The molecule has 1 saturated heterocycles. The number of β-amino-alcohol motifs (C(OH)–C–C–N with tert-alkyl or cyclic N) is 1. The van der Waals surface area contributed by atoms with Crippen LogP contribution in [0.5, 0.6) is 5.75 Å². The smallest absolute Gasteiger partial charge is 0.406 e. The van der Waals surface area contributed by atoms with Crippen molar-refractivity contribution < 1.29 is 40.6 Å². The summed E-state index contributed by atoms with van der Waals surface area (Å²) in [6.45, 7) is 0.0546. The van der Waals surface area contributed by atoms with Crippen LogP contribution in [0.25, 0.3) is 10.9 Å². The fourth-order valence-electron chi connectivity index (χ4n) is 5.31. The Labute approximate surface area is 260 Å². The lowest BCUT2D eigenvalue weighted by Gasteiger charge is -2.34. The Kier molecular flexibility index (Phi) is 11.6. The van der Waals surface area contributed by atoms with Crippen LogP contribution in [0, 0.1) is 11.8 Å². The van der Waals surface area contributed by atoms with E-state index in [1.165, 1.54) is 18.2 Å². The third kappa shape index (κ3) is 9.74. The number of methoxy groups -OCH3 is 1. The number of likely N-dealkylation sites (tertiary alicyclic amines) is 1. The summed E-state index contributed by atoms with van der Waals surface area (Å²) in [6.07, 6.45) is -2.39. The summed E-state index contributed by atoms with van der Waals surface area (Å²) in [6, 6.07) is 11.1. The molecule has 1 atom stereocenters. The third-order valence-corrected chi connectivity index (χ3v) is 8.47. The molecular formula is C31H38F4N4O5S. The van der Waals surface area contributed by atoms with Crippen LogP contribution in [0.1, 0.15) is 18.5 Å². The molecule has 14 heteroatoms. The number of benzene rings is 2. The zero-order valence-corrected chi connectivity index (χ0v) is 26.0. The molecule has 246 valence electrons. The van der Waals surface area contributed by atoms with Crippen molar-refractivity contribution in [2.24, 2.45) is 0 Å². The lowest BCUT2D eigenvalue weighted by atomic mass is 10.0. The number of hydrogen-bond donors (Lipinski definition) is 3. The minimum Gasteiger partial charge on any atom is -0.489 e. The Hall–Kier alpha value is -3.51. The Balaban J connectivity index is 1.52. The summed E-state index contributed by atoms with van der Waals surface area (Å²) < 4.78 is 89.0. The average molecular weight is 655 g/mol. The first-order valence-corrected chi connectivity index (χ1v) is 16.4. The predicted octanol–water partition coefficient (Wildman–Crippen LogP) is 4.30. The van der Waals surface area contributed by atoms with Gasteiger partial charge in [-0.1, -0.05) is 12.0 Å². The van der Waals surface area contributed by atoms with E-state index in [4.69, 9.17) is 9.47 Å². The molecule has 1 aliphatic rings. The number of anilines is 2. The van der Waals surface area contributed by atoms with Crippen molar-refractivity contribution in [1.82, 2.24) is 9.47 Å². The molecule has 0 radical (unpaired) electrons. The third-order valence-electron chi connectivity index (χ3n) is 7.36. The molecule has 0 amide bonds. The summed E-state index contributed by atoms with van der Waals surface area (Å²) in [7, 11) is -1.98. The second-order valence-electron chi connectivity index (χ2n) is 10.9. The van der Waals surface area contributed by atoms with Gasteiger partial charge in [-0.05, 0) is 49.1 Å². The van der Waals surface area contributed by atoms with Crippen molar-refractivity contribution in [2.45, 2.75) is 42.6 Å². The number of nitrogens with zero attached hydrogens (tertiary/aromatic N) is 2. The highest BCUT2D eigenvalue weighted by Gasteiger charge is 2.30. The van der Waals surface area contributed by atoms with Crippen LogP contribution in [0.15, 0.2) is 47.4 Å². The highest BCUT2D eigenvalue weighted by Crippen LogP contribution is 2.32. The number of fused-ring (bicyclic) bond motifs is 1. The van der Waals surface area contributed by atoms with Crippen molar-refractivity contribution in [3.63, 3.8) is 0 Å². The van der Waals surface area contributed by atoms with E-state index in [1.54, 1.807) is 25.3 Å². The number of ether oxygens (including phenoxy) is 2. The number of rotatable bonds is 13. The van der Waals surface area contributed by atoms with Crippen LogP contribution in [0.4, 0.5) is 28.9 Å². The van der Waals surface area contributed by atoms with Crippen LogP contribution in [-0.4, -0.2) is 101 Å². The van der Waals surface area contributed by atoms with Gasteiger partial charge in [0, 0.05) is 56.2 Å². The summed E-state index contributed by atoms with van der Waals surface area (Å²) in [5.74, 6) is 5.81. The molecular weight excluding hydrogens is 616 g/mol. The molecule has 0 saturated carbocycles. The van der Waals surface area contributed by atoms with E-state index in [9.17, 15) is 31.1 Å². The highest BCUT2D eigenvalue weighted by atomic mass is 32.2. The molecule has 9 nitrogen and oxygen atoms in total. The number of sulfone groups is 1. The van der Waals surface area contributed by atoms with Gasteiger partial charge in [-0.3, -0.25) is 0 Å². The first-order valence-electron chi connectivity index (χ1n) is 14.5. The van der Waals surface area contributed by atoms with Crippen LogP contribution in [0.3, 0.4) is 0 Å². The lowest BCUT2D eigenvalue weighted by molar-refractivity contribution is -0.140. The number of aliphatic hydroxyl groups is 1. The Morgan fingerprint density at radius 3 is 2.56 bits per heavy atom. The van der Waals surface area contributed by atoms with Crippen molar-refractivity contribution >= 4 is 32.1 Å². The molecule has 4 rings (SSSR count). The summed E-state index contributed by atoms with van der Waals surface area (Å²) in [4.78, 5) is 2.17. The monoisotopic (exact) mass is 654 g/mol. The van der Waals surface area contributed by atoms with Crippen molar-refractivity contribution in [2.75, 3.05) is 70.1 Å². The minimum absolute atomic E-state index is 0.000464. The Morgan fingerprint density at radius 2 is 1.89 bits per heavy atom. The average Bonchev–Trinajstić information content (AvgIpc) is 3.31. The lowest BCUT2D eigenvalue weighted by Crippen LogP contribution is -2.43. The predicted molar refractivity (Wildman–Crippen MR) is 165 cm³/mol. The summed E-state index contributed by atoms with van der Waals surface area (Å²) in [5, 5.41) is 17.1. The number of aliphatic hydroxyl groups excluding tert-OH is 1. The van der Waals surface area contributed by atoms with E-state index in [1.807, 2.05) is 6.07 Å². The van der Waals surface area contributed by atoms with Gasteiger partial charge >= 0.3 is 6.18 Å². The summed E-state index contributed by atoms with van der Waals surface area (Å²) >= 11 is 0. The number of aromatic nitrogens is 1. The Morgan fingerprint density at radius 1 is 1.13 bits per heavy atom. The maximum Gasteiger partial charge on any atom is 0.406 e. The van der Waals surface area contributed by atoms with Crippen molar-refractivity contribution in [1.29, 1.82) is 0 Å². The van der Waals surface area contributed by atoms with E-state index < -0.39 is 35.3 Å². The largest absolute Gasteiger partial charge is 0.489 e. The van der Waals surface area contributed by atoms with Gasteiger partial charge in [0.1, 0.15) is 25.6 Å². The second-order valence-corrected chi connectivity index (χ2v) is 12.9. The van der Waals surface area contributed by atoms with Crippen LogP contribution >= 0.6 is 0 Å². The maximum atomic E-state index is 13.6. The SMILES string of the molecule is COCC(O)CN1CCC(Nc2cccc3c2cc(C#CCNc2ccc(S(C)(=O)=O)cc2OCCF)n3CC(F)(F)F)CC1. The van der Waals surface area contributed by atoms with Crippen LogP contribution < -0.4 is 15.4 Å². The van der Waals surface area contributed by atoms with E-state index in [0.717, 1.165) is 36.8 Å². The number of halogens is 4. The molecule has 0 aliphatic carbocycles. The zero-order chi connectivity index (χ0) is 32.6. The minimum atomic E-state index is -4.48. The van der Waals surface area contributed by atoms with E-state index in [0.29, 0.717) is 28.8 Å². The van der Waals surface area contributed by atoms with Gasteiger partial charge in [0.05, 0.1) is 41.0 Å². The number of alkyl halides is 4. The van der Waals surface area contributed by atoms with E-state index >= 15 is 0 Å². The molecule has 2 heterocycles. The van der Waals surface area contributed by atoms with E-state index in [2.05, 4.69) is 27.4 Å². The zero-order valence-electron chi connectivity index (χ0n) is 25.2. The molecule has 0 bridgehead atoms. The van der Waals surface area contributed by atoms with Gasteiger partial charge in [-0.15, -0.1) is 0 Å². The summed E-state index contributed by atoms with van der Waals surface area (Å²) in [5.41, 5.74) is 1.66.